The van der Waals surface area contributed by atoms with Crippen molar-refractivity contribution in [2.24, 2.45) is 0 Å². The van der Waals surface area contributed by atoms with Crippen LogP contribution in [-0.2, 0) is 0 Å². The van der Waals surface area contributed by atoms with E-state index < -0.39 is 17.3 Å². The van der Waals surface area contributed by atoms with E-state index in [-0.39, 0.29) is 11.1 Å². The molecule has 0 amide bonds. The summed E-state index contributed by atoms with van der Waals surface area (Å²) in [6, 6.07) is 3.95. The van der Waals surface area contributed by atoms with Gasteiger partial charge in [-0.3, -0.25) is 4.79 Å². The number of rotatable bonds is 1. The van der Waals surface area contributed by atoms with Crippen LogP contribution in [0.1, 0.15) is 15.9 Å². The minimum Gasteiger partial charge on any atom is -0.477 e. The van der Waals surface area contributed by atoms with Crippen molar-refractivity contribution in [1.82, 2.24) is 4.98 Å². The summed E-state index contributed by atoms with van der Waals surface area (Å²) in [6.07, 6.45) is 0. The molecule has 0 bridgehead atoms. The fraction of sp³-hybridized carbons (Fsp3) is 0.0909. The standard InChI is InChI=1S/C11H8FNO3/c1-5-2-3-8(12)9-6(5)4-7(11(15)16)10(14)13-9/h2-4H,1H3,(H,13,14)(H,15,16). The Bertz CT molecular complexity index is 645. The Morgan fingerprint density at radius 3 is 2.75 bits per heavy atom. The molecule has 0 aliphatic rings. The van der Waals surface area contributed by atoms with Crippen LogP contribution in [0.25, 0.3) is 10.9 Å². The Kier molecular flexibility index (Phi) is 2.23. The van der Waals surface area contributed by atoms with Gasteiger partial charge in [0.1, 0.15) is 11.4 Å². The predicted molar refractivity (Wildman–Crippen MR) is 56.2 cm³/mol. The van der Waals surface area contributed by atoms with Crippen LogP contribution in [0.5, 0.6) is 0 Å². The molecule has 5 heteroatoms. The van der Waals surface area contributed by atoms with E-state index in [0.717, 1.165) is 0 Å². The van der Waals surface area contributed by atoms with Gasteiger partial charge in [0.25, 0.3) is 5.56 Å². The van der Waals surface area contributed by atoms with Crippen LogP contribution < -0.4 is 5.56 Å². The summed E-state index contributed by atoms with van der Waals surface area (Å²) in [5.41, 5.74) is -0.448. The van der Waals surface area contributed by atoms with E-state index in [1.54, 1.807) is 6.92 Å². The zero-order valence-corrected chi connectivity index (χ0v) is 8.37. The number of aromatic carboxylic acids is 1. The number of carboxylic acids is 1. The number of H-pyrrole nitrogens is 1. The molecule has 0 aliphatic heterocycles. The molecule has 0 saturated carbocycles. The average Bonchev–Trinajstić information content (AvgIpc) is 2.23. The van der Waals surface area contributed by atoms with Gasteiger partial charge < -0.3 is 10.1 Å². The lowest BCUT2D eigenvalue weighted by atomic mass is 10.1. The molecule has 0 aliphatic carbocycles. The molecule has 0 atom stereocenters. The number of carbonyl (C=O) groups is 1. The topological polar surface area (TPSA) is 70.2 Å². The van der Waals surface area contributed by atoms with Gasteiger partial charge in [0.15, 0.2) is 0 Å². The molecule has 16 heavy (non-hydrogen) atoms. The van der Waals surface area contributed by atoms with E-state index >= 15 is 0 Å². The highest BCUT2D eigenvalue weighted by Crippen LogP contribution is 2.18. The summed E-state index contributed by atoms with van der Waals surface area (Å²) < 4.78 is 13.4. The van der Waals surface area contributed by atoms with Gasteiger partial charge in [0, 0.05) is 5.39 Å². The van der Waals surface area contributed by atoms with Crippen LogP contribution in [0.2, 0.25) is 0 Å². The van der Waals surface area contributed by atoms with Gasteiger partial charge >= 0.3 is 5.97 Å². The molecule has 0 spiro atoms. The molecular weight excluding hydrogens is 213 g/mol. The van der Waals surface area contributed by atoms with Crippen molar-refractivity contribution in [3.8, 4) is 0 Å². The summed E-state index contributed by atoms with van der Waals surface area (Å²) >= 11 is 0. The molecule has 0 unspecified atom stereocenters. The van der Waals surface area contributed by atoms with E-state index in [2.05, 4.69) is 4.98 Å². The lowest BCUT2D eigenvalue weighted by Crippen LogP contribution is -2.17. The van der Waals surface area contributed by atoms with Crippen molar-refractivity contribution in [1.29, 1.82) is 0 Å². The molecule has 0 radical (unpaired) electrons. The Morgan fingerprint density at radius 1 is 1.44 bits per heavy atom. The molecular formula is C11H8FNO3. The molecule has 2 aromatic rings. The Balaban J connectivity index is 2.95. The highest BCUT2D eigenvalue weighted by atomic mass is 19.1. The Hall–Kier alpha value is -2.17. The zero-order chi connectivity index (χ0) is 11.9. The van der Waals surface area contributed by atoms with E-state index in [0.29, 0.717) is 10.9 Å². The van der Waals surface area contributed by atoms with Gasteiger partial charge in [-0.2, -0.15) is 0 Å². The number of pyridine rings is 1. The third kappa shape index (κ3) is 1.46. The normalized spacial score (nSPS) is 10.6. The third-order valence-corrected chi connectivity index (χ3v) is 2.41. The van der Waals surface area contributed by atoms with Crippen LogP contribution in [0, 0.1) is 12.7 Å². The molecule has 1 aromatic heterocycles. The minimum absolute atomic E-state index is 0.0370. The maximum atomic E-state index is 13.4. The Labute approximate surface area is 89.3 Å². The van der Waals surface area contributed by atoms with Crippen molar-refractivity contribution in [3.63, 3.8) is 0 Å². The van der Waals surface area contributed by atoms with Crippen molar-refractivity contribution < 1.29 is 14.3 Å². The van der Waals surface area contributed by atoms with Gasteiger partial charge in [0.2, 0.25) is 0 Å². The number of hydrogen-bond acceptors (Lipinski definition) is 2. The van der Waals surface area contributed by atoms with Crippen LogP contribution in [0.15, 0.2) is 23.0 Å². The summed E-state index contributed by atoms with van der Waals surface area (Å²) in [5, 5.41) is 9.17. The van der Waals surface area contributed by atoms with Crippen LogP contribution in [0.4, 0.5) is 4.39 Å². The van der Waals surface area contributed by atoms with Gasteiger partial charge in [-0.05, 0) is 24.6 Å². The second-order valence-corrected chi connectivity index (χ2v) is 3.47. The summed E-state index contributed by atoms with van der Waals surface area (Å²) in [5.74, 6) is -1.90. The van der Waals surface area contributed by atoms with E-state index in [1.807, 2.05) is 0 Å². The minimum atomic E-state index is -1.33. The van der Waals surface area contributed by atoms with Crippen molar-refractivity contribution >= 4 is 16.9 Å². The smallest absolute Gasteiger partial charge is 0.341 e. The van der Waals surface area contributed by atoms with Gasteiger partial charge in [0.05, 0.1) is 5.52 Å². The first-order chi connectivity index (χ1) is 7.50. The maximum Gasteiger partial charge on any atom is 0.341 e. The maximum absolute atomic E-state index is 13.4. The van der Waals surface area contributed by atoms with Crippen molar-refractivity contribution in [2.75, 3.05) is 0 Å². The quantitative estimate of drug-likeness (QED) is 0.769. The van der Waals surface area contributed by atoms with Gasteiger partial charge in [-0.1, -0.05) is 6.07 Å². The van der Waals surface area contributed by atoms with Crippen molar-refractivity contribution in [3.05, 3.63) is 45.5 Å². The number of halogens is 1. The summed E-state index contributed by atoms with van der Waals surface area (Å²) in [7, 11) is 0. The number of carboxylic acid groups (broad SMARTS) is 1. The number of benzene rings is 1. The lowest BCUT2D eigenvalue weighted by Gasteiger charge is -2.04. The molecule has 0 fully saturated rings. The zero-order valence-electron chi connectivity index (χ0n) is 8.37. The largest absolute Gasteiger partial charge is 0.477 e. The number of aromatic amines is 1. The van der Waals surface area contributed by atoms with E-state index in [1.165, 1.54) is 18.2 Å². The van der Waals surface area contributed by atoms with Crippen LogP contribution >= 0.6 is 0 Å². The first-order valence-corrected chi connectivity index (χ1v) is 4.56. The number of fused-ring (bicyclic) bond motifs is 1. The third-order valence-electron chi connectivity index (χ3n) is 2.41. The first kappa shape index (κ1) is 10.4. The molecule has 82 valence electrons. The lowest BCUT2D eigenvalue weighted by molar-refractivity contribution is 0.0695. The predicted octanol–water partition coefficient (Wildman–Crippen LogP) is 1.67. The number of hydrogen-bond donors (Lipinski definition) is 2. The average molecular weight is 221 g/mol. The van der Waals surface area contributed by atoms with Gasteiger partial charge in [-0.25, -0.2) is 9.18 Å². The monoisotopic (exact) mass is 221 g/mol. The molecule has 2 rings (SSSR count). The molecule has 1 heterocycles. The Morgan fingerprint density at radius 2 is 2.12 bits per heavy atom. The second-order valence-electron chi connectivity index (χ2n) is 3.47. The van der Waals surface area contributed by atoms with Crippen LogP contribution in [0.3, 0.4) is 0 Å². The van der Waals surface area contributed by atoms with Crippen LogP contribution in [-0.4, -0.2) is 16.1 Å². The molecule has 4 nitrogen and oxygen atoms in total. The van der Waals surface area contributed by atoms with Crippen molar-refractivity contribution in [2.45, 2.75) is 6.92 Å². The van der Waals surface area contributed by atoms with Gasteiger partial charge in [-0.15, -0.1) is 0 Å². The summed E-state index contributed by atoms with van der Waals surface area (Å²) in [6.45, 7) is 1.71. The fourth-order valence-corrected chi connectivity index (χ4v) is 1.56. The molecule has 1 aromatic carbocycles. The van der Waals surface area contributed by atoms with E-state index in [9.17, 15) is 14.0 Å². The summed E-state index contributed by atoms with van der Waals surface area (Å²) in [4.78, 5) is 24.3. The second kappa shape index (κ2) is 3.44. The fourth-order valence-electron chi connectivity index (χ4n) is 1.56. The first-order valence-electron chi connectivity index (χ1n) is 4.56. The highest BCUT2D eigenvalue weighted by molar-refractivity contribution is 5.93. The number of aromatic nitrogens is 1. The highest BCUT2D eigenvalue weighted by Gasteiger charge is 2.12. The number of nitrogens with one attached hydrogen (secondary N) is 1. The molecule has 2 N–H and O–H groups in total. The molecule has 0 saturated heterocycles. The SMILES string of the molecule is Cc1ccc(F)c2[nH]c(=O)c(C(=O)O)cc12. The number of aryl methyl sites for hydroxylation is 1. The van der Waals surface area contributed by atoms with E-state index in [4.69, 9.17) is 5.11 Å².